The second-order valence-electron chi connectivity index (χ2n) is 7.01. The molecular formula is C17H34N4O4. The Bertz CT molecular complexity index is 404. The fraction of sp³-hybridized carbons (Fsp3) is 0.882. The number of hydrogen-bond donors (Lipinski definition) is 3. The van der Waals surface area contributed by atoms with Gasteiger partial charge in [0.2, 0.25) is 0 Å². The molecule has 0 aromatic heterocycles. The van der Waals surface area contributed by atoms with Crippen LogP contribution in [0.4, 0.5) is 4.79 Å². The molecule has 1 rings (SSSR count). The molecule has 1 aliphatic rings. The molecule has 0 aromatic rings. The van der Waals surface area contributed by atoms with Crippen LogP contribution in [0.25, 0.3) is 0 Å². The zero-order valence-corrected chi connectivity index (χ0v) is 16.0. The number of carbonyl (C=O) groups is 1. The molecule has 1 amide bonds. The summed E-state index contributed by atoms with van der Waals surface area (Å²) in [6.07, 6.45) is 1.60. The summed E-state index contributed by atoms with van der Waals surface area (Å²) < 4.78 is 16.1. The SMILES string of the molecule is CN=C(NCCCOCC1CCOC1)NCCNC(=O)OC(C)(C)C. The third-order valence-electron chi connectivity index (χ3n) is 3.44. The highest BCUT2D eigenvalue weighted by molar-refractivity contribution is 5.79. The number of ether oxygens (including phenoxy) is 3. The maximum atomic E-state index is 11.5. The lowest BCUT2D eigenvalue weighted by Gasteiger charge is -2.19. The summed E-state index contributed by atoms with van der Waals surface area (Å²) in [6, 6.07) is 0. The summed E-state index contributed by atoms with van der Waals surface area (Å²) in [6.45, 7) is 10.5. The lowest BCUT2D eigenvalue weighted by molar-refractivity contribution is 0.0529. The van der Waals surface area contributed by atoms with Crippen LogP contribution in [0.2, 0.25) is 0 Å². The summed E-state index contributed by atoms with van der Waals surface area (Å²) in [5.74, 6) is 1.26. The third-order valence-corrected chi connectivity index (χ3v) is 3.44. The standard InChI is InChI=1S/C17H34N4O4/c1-17(2,3)25-16(22)21-9-8-20-15(18-4)19-7-5-10-23-12-14-6-11-24-13-14/h14H,5-13H2,1-4H3,(H,21,22)(H2,18,19,20). The Morgan fingerprint density at radius 1 is 1.20 bits per heavy atom. The minimum absolute atomic E-state index is 0.415. The number of carbonyl (C=O) groups excluding carboxylic acids is 1. The van der Waals surface area contributed by atoms with Gasteiger partial charge in [-0.25, -0.2) is 4.79 Å². The number of alkyl carbamates (subject to hydrolysis) is 1. The maximum absolute atomic E-state index is 11.5. The number of aliphatic imine (C=N–C) groups is 1. The molecule has 1 heterocycles. The Morgan fingerprint density at radius 2 is 1.92 bits per heavy atom. The highest BCUT2D eigenvalue weighted by atomic mass is 16.6. The van der Waals surface area contributed by atoms with Gasteiger partial charge in [-0.3, -0.25) is 4.99 Å². The highest BCUT2D eigenvalue weighted by Gasteiger charge is 2.16. The first-order valence-electron chi connectivity index (χ1n) is 8.97. The fourth-order valence-corrected chi connectivity index (χ4v) is 2.23. The van der Waals surface area contributed by atoms with Gasteiger partial charge in [-0.1, -0.05) is 0 Å². The molecule has 1 saturated heterocycles. The predicted octanol–water partition coefficient (Wildman–Crippen LogP) is 1.12. The number of nitrogens with zero attached hydrogens (tertiary/aromatic N) is 1. The monoisotopic (exact) mass is 358 g/mol. The minimum Gasteiger partial charge on any atom is -0.444 e. The summed E-state index contributed by atoms with van der Waals surface area (Å²) in [4.78, 5) is 15.6. The molecule has 8 nitrogen and oxygen atoms in total. The quantitative estimate of drug-likeness (QED) is 0.325. The van der Waals surface area contributed by atoms with Crippen molar-refractivity contribution in [2.45, 2.75) is 39.2 Å². The van der Waals surface area contributed by atoms with Gasteiger partial charge in [-0.15, -0.1) is 0 Å². The van der Waals surface area contributed by atoms with Crippen molar-refractivity contribution in [1.29, 1.82) is 0 Å². The lowest BCUT2D eigenvalue weighted by atomic mass is 10.1. The van der Waals surface area contributed by atoms with Gasteiger partial charge >= 0.3 is 6.09 Å². The fourth-order valence-electron chi connectivity index (χ4n) is 2.23. The van der Waals surface area contributed by atoms with E-state index in [1.807, 2.05) is 20.8 Å². The van der Waals surface area contributed by atoms with Crippen LogP contribution in [0.5, 0.6) is 0 Å². The van der Waals surface area contributed by atoms with Gasteiger partial charge in [0.05, 0.1) is 13.2 Å². The van der Waals surface area contributed by atoms with Crippen molar-refractivity contribution < 1.29 is 19.0 Å². The van der Waals surface area contributed by atoms with Crippen LogP contribution in [0.3, 0.4) is 0 Å². The first-order chi connectivity index (χ1) is 11.9. The molecule has 0 aliphatic carbocycles. The number of amides is 1. The molecule has 1 fully saturated rings. The van der Waals surface area contributed by atoms with Crippen molar-refractivity contribution in [2.75, 3.05) is 53.1 Å². The smallest absolute Gasteiger partial charge is 0.407 e. The lowest BCUT2D eigenvalue weighted by Crippen LogP contribution is -2.42. The Balaban J connectivity index is 1.98. The Hall–Kier alpha value is -1.54. The van der Waals surface area contributed by atoms with E-state index in [0.717, 1.165) is 45.8 Å². The molecule has 0 radical (unpaired) electrons. The molecule has 1 unspecified atom stereocenters. The molecular weight excluding hydrogens is 324 g/mol. The summed E-state index contributed by atoms with van der Waals surface area (Å²) in [5, 5.41) is 9.04. The van der Waals surface area contributed by atoms with E-state index < -0.39 is 11.7 Å². The normalized spacial score (nSPS) is 18.1. The van der Waals surface area contributed by atoms with Gasteiger partial charge in [0.1, 0.15) is 5.60 Å². The second-order valence-corrected chi connectivity index (χ2v) is 7.01. The van der Waals surface area contributed by atoms with Crippen molar-refractivity contribution in [3.63, 3.8) is 0 Å². The molecule has 1 aliphatic heterocycles. The average molecular weight is 358 g/mol. The highest BCUT2D eigenvalue weighted by Crippen LogP contribution is 2.12. The van der Waals surface area contributed by atoms with Crippen LogP contribution >= 0.6 is 0 Å². The molecule has 1 atom stereocenters. The van der Waals surface area contributed by atoms with Gasteiger partial charge in [0.15, 0.2) is 5.96 Å². The van der Waals surface area contributed by atoms with Crippen molar-refractivity contribution in [3.05, 3.63) is 0 Å². The largest absolute Gasteiger partial charge is 0.444 e. The van der Waals surface area contributed by atoms with E-state index >= 15 is 0 Å². The average Bonchev–Trinajstić information content (AvgIpc) is 3.04. The molecule has 8 heteroatoms. The van der Waals surface area contributed by atoms with E-state index in [1.54, 1.807) is 7.05 Å². The summed E-state index contributed by atoms with van der Waals surface area (Å²) in [5.41, 5.74) is -0.484. The van der Waals surface area contributed by atoms with Crippen LogP contribution in [0.15, 0.2) is 4.99 Å². The predicted molar refractivity (Wildman–Crippen MR) is 98.0 cm³/mol. The van der Waals surface area contributed by atoms with Crippen LogP contribution in [0, 0.1) is 5.92 Å². The van der Waals surface area contributed by atoms with Crippen LogP contribution in [-0.4, -0.2) is 70.8 Å². The van der Waals surface area contributed by atoms with E-state index in [0.29, 0.717) is 25.0 Å². The Kier molecular flexibility index (Phi) is 10.3. The van der Waals surface area contributed by atoms with Gasteiger partial charge < -0.3 is 30.2 Å². The van der Waals surface area contributed by atoms with E-state index in [-0.39, 0.29) is 0 Å². The Labute approximate surface area is 151 Å². The van der Waals surface area contributed by atoms with E-state index in [9.17, 15) is 4.79 Å². The number of nitrogens with one attached hydrogen (secondary N) is 3. The van der Waals surface area contributed by atoms with Gasteiger partial charge in [0, 0.05) is 45.8 Å². The van der Waals surface area contributed by atoms with Crippen molar-refractivity contribution in [2.24, 2.45) is 10.9 Å². The zero-order valence-electron chi connectivity index (χ0n) is 16.0. The molecule has 0 aromatic carbocycles. The molecule has 0 bridgehead atoms. The minimum atomic E-state index is -0.484. The van der Waals surface area contributed by atoms with Crippen LogP contribution in [0.1, 0.15) is 33.6 Å². The second kappa shape index (κ2) is 11.9. The summed E-state index contributed by atoms with van der Waals surface area (Å²) in [7, 11) is 1.72. The maximum Gasteiger partial charge on any atom is 0.407 e. The van der Waals surface area contributed by atoms with E-state index in [2.05, 4.69) is 20.9 Å². The first-order valence-corrected chi connectivity index (χ1v) is 8.97. The third kappa shape index (κ3) is 11.6. The van der Waals surface area contributed by atoms with Gasteiger partial charge in [-0.2, -0.15) is 0 Å². The van der Waals surface area contributed by atoms with Crippen molar-refractivity contribution in [1.82, 2.24) is 16.0 Å². The van der Waals surface area contributed by atoms with Crippen LogP contribution in [-0.2, 0) is 14.2 Å². The van der Waals surface area contributed by atoms with Gasteiger partial charge in [-0.05, 0) is 33.6 Å². The molecule has 0 spiro atoms. The van der Waals surface area contributed by atoms with E-state index in [4.69, 9.17) is 14.2 Å². The number of rotatable bonds is 9. The zero-order chi connectivity index (χ0) is 18.5. The molecule has 0 saturated carbocycles. The molecule has 3 N–H and O–H groups in total. The summed E-state index contributed by atoms with van der Waals surface area (Å²) >= 11 is 0. The number of guanidine groups is 1. The van der Waals surface area contributed by atoms with Crippen LogP contribution < -0.4 is 16.0 Å². The first kappa shape index (κ1) is 21.5. The molecule has 146 valence electrons. The van der Waals surface area contributed by atoms with Gasteiger partial charge in [0.25, 0.3) is 0 Å². The number of hydrogen-bond acceptors (Lipinski definition) is 5. The Morgan fingerprint density at radius 3 is 2.56 bits per heavy atom. The van der Waals surface area contributed by atoms with Crippen molar-refractivity contribution in [3.8, 4) is 0 Å². The molecule has 25 heavy (non-hydrogen) atoms. The van der Waals surface area contributed by atoms with Crippen molar-refractivity contribution >= 4 is 12.1 Å². The topological polar surface area (TPSA) is 93.2 Å². The van der Waals surface area contributed by atoms with E-state index in [1.165, 1.54) is 0 Å².